The summed E-state index contributed by atoms with van der Waals surface area (Å²) in [5.74, 6) is 0.535. The van der Waals surface area contributed by atoms with Crippen LogP contribution in [0.15, 0.2) is 12.1 Å². The number of aromatic amines is 1. The lowest BCUT2D eigenvalue weighted by molar-refractivity contribution is -0.416. The van der Waals surface area contributed by atoms with E-state index in [0.29, 0.717) is 17.8 Å². The topological polar surface area (TPSA) is 84.4 Å². The second kappa shape index (κ2) is 7.80. The Hall–Kier alpha value is -2.59. The zero-order valence-electron chi connectivity index (χ0n) is 13.5. The van der Waals surface area contributed by atoms with Crippen molar-refractivity contribution in [2.45, 2.75) is 13.8 Å². The van der Waals surface area contributed by atoms with E-state index in [-0.39, 0.29) is 0 Å². The summed E-state index contributed by atoms with van der Waals surface area (Å²) < 4.78 is 49.2. The Labute approximate surface area is 136 Å². The van der Waals surface area contributed by atoms with Gasteiger partial charge in [0.05, 0.1) is 19.8 Å². The van der Waals surface area contributed by atoms with E-state index >= 15 is 0 Å². The quantitative estimate of drug-likeness (QED) is 0.523. The third kappa shape index (κ3) is 5.56. The number of nitrogen functional groups attached to an aromatic ring is 1. The smallest absolute Gasteiger partial charge is 0.444 e. The summed E-state index contributed by atoms with van der Waals surface area (Å²) in [4.78, 5) is 11.4. The molecule has 132 valence electrons. The lowest BCUT2D eigenvalue weighted by Gasteiger charge is -2.07. The van der Waals surface area contributed by atoms with Gasteiger partial charge in [0.25, 0.3) is 0 Å². The average molecular weight is 348 g/mol. The van der Waals surface area contributed by atoms with Gasteiger partial charge in [0, 0.05) is 5.69 Å². The summed E-state index contributed by atoms with van der Waals surface area (Å²) >= 11 is 0. The molecule has 0 atom stereocenters. The number of aromatic nitrogens is 3. The van der Waals surface area contributed by atoms with E-state index in [1.807, 2.05) is 26.0 Å². The van der Waals surface area contributed by atoms with Crippen molar-refractivity contribution in [1.82, 2.24) is 9.97 Å². The first-order valence-corrected chi connectivity index (χ1v) is 6.69. The molecule has 1 aromatic carbocycles. The van der Waals surface area contributed by atoms with Gasteiger partial charge in [0.15, 0.2) is 0 Å². The minimum absolute atomic E-state index is 0.343. The number of benzene rings is 1. The van der Waals surface area contributed by atoms with Crippen molar-refractivity contribution in [1.29, 1.82) is 0 Å². The first-order valence-electron chi connectivity index (χ1n) is 6.69. The molecule has 0 radical (unpaired) electrons. The zero-order valence-corrected chi connectivity index (χ0v) is 13.5. The molecule has 3 N–H and O–H groups in total. The van der Waals surface area contributed by atoms with Crippen LogP contribution in [0.3, 0.4) is 0 Å². The minimum atomic E-state index is -6.00. The maximum atomic E-state index is 9.75. The van der Waals surface area contributed by atoms with Gasteiger partial charge in [0.2, 0.25) is 0 Å². The number of rotatable bonds is 3. The van der Waals surface area contributed by atoms with Gasteiger partial charge in [-0.3, -0.25) is 0 Å². The van der Waals surface area contributed by atoms with Gasteiger partial charge in [-0.2, -0.15) is 4.98 Å². The molecule has 0 unspecified atom stereocenters. The van der Waals surface area contributed by atoms with Gasteiger partial charge in [0.1, 0.15) is 0 Å². The third-order valence-corrected chi connectivity index (χ3v) is 3.09. The van der Waals surface area contributed by atoms with E-state index < -0.39 is 7.25 Å². The molecule has 11 heteroatoms. The second-order valence-corrected chi connectivity index (χ2v) is 4.64. The second-order valence-electron chi connectivity index (χ2n) is 4.64. The number of nitrogens with zero attached hydrogens (tertiary/aromatic N) is 2. The fourth-order valence-corrected chi connectivity index (χ4v) is 1.76. The van der Waals surface area contributed by atoms with Crippen molar-refractivity contribution < 1.29 is 31.7 Å². The molecule has 0 bridgehead atoms. The molecule has 2 aromatic rings. The summed E-state index contributed by atoms with van der Waals surface area (Å²) in [5.41, 5.74) is 9.59. The maximum Gasteiger partial charge on any atom is 0.673 e. The summed E-state index contributed by atoms with van der Waals surface area (Å²) in [6.45, 7) is 3.96. The zero-order chi connectivity index (χ0) is 18.5. The summed E-state index contributed by atoms with van der Waals surface area (Å²) in [6.07, 6.45) is 0. The van der Waals surface area contributed by atoms with Gasteiger partial charge in [-0.25, -0.2) is 0 Å². The maximum absolute atomic E-state index is 9.75. The van der Waals surface area contributed by atoms with Gasteiger partial charge in [-0.05, 0) is 47.1 Å². The molecule has 0 saturated carbocycles. The molecule has 0 aliphatic heterocycles. The van der Waals surface area contributed by atoms with E-state index in [9.17, 15) is 17.3 Å². The predicted octanol–water partition coefficient (Wildman–Crippen LogP) is 2.47. The van der Waals surface area contributed by atoms with Crippen LogP contribution in [0.4, 0.5) is 23.0 Å². The van der Waals surface area contributed by atoms with Gasteiger partial charge in [-0.1, -0.05) is 0 Å². The summed E-state index contributed by atoms with van der Waals surface area (Å²) in [7, 11) is -2.94. The number of methoxy groups -OCH3 is 2. The van der Waals surface area contributed by atoms with Crippen LogP contribution in [0.1, 0.15) is 11.1 Å². The Balaban J connectivity index is 0.000000505. The summed E-state index contributed by atoms with van der Waals surface area (Å²) in [6, 6.07) is 4.43. The molecule has 1 heterocycles. The number of hydrogen-bond acceptors (Lipinski definition) is 5. The van der Waals surface area contributed by atoms with E-state index in [4.69, 9.17) is 15.2 Å². The van der Waals surface area contributed by atoms with E-state index in [1.165, 1.54) is 14.2 Å². The largest absolute Gasteiger partial charge is 0.673 e. The first-order chi connectivity index (χ1) is 11.1. The number of ether oxygens (including phenoxy) is 2. The Kier molecular flexibility index (Phi) is 6.32. The monoisotopic (exact) mass is 348 g/mol. The standard InChI is InChI=1S/C13H16N4O2.BF4/c1-7-8(2)10(14)6-5-9(7)11-15-12(18-3)17-13(16-11)19-4;2-1(3,4)5/h5-6H,14H2,1-4H3;/q;-1/p+1. The van der Waals surface area contributed by atoms with Crippen molar-refractivity contribution in [2.24, 2.45) is 0 Å². The lowest BCUT2D eigenvalue weighted by Crippen LogP contribution is -2.16. The van der Waals surface area contributed by atoms with Crippen LogP contribution in [-0.2, 0) is 0 Å². The van der Waals surface area contributed by atoms with E-state index in [2.05, 4.69) is 15.0 Å². The molecule has 2 rings (SSSR count). The number of hydrogen-bond donors (Lipinski definition) is 1. The highest BCUT2D eigenvalue weighted by Gasteiger charge is 2.21. The first kappa shape index (κ1) is 19.5. The summed E-state index contributed by atoms with van der Waals surface area (Å²) in [5, 5.41) is 0. The van der Waals surface area contributed by atoms with Crippen LogP contribution in [0.25, 0.3) is 11.4 Å². The van der Waals surface area contributed by atoms with E-state index in [1.54, 1.807) is 0 Å². The van der Waals surface area contributed by atoms with Crippen LogP contribution < -0.4 is 20.2 Å². The predicted molar refractivity (Wildman–Crippen MR) is 81.2 cm³/mol. The van der Waals surface area contributed by atoms with Crippen LogP contribution in [0, 0.1) is 13.8 Å². The third-order valence-electron chi connectivity index (χ3n) is 3.09. The highest BCUT2D eigenvalue weighted by Crippen LogP contribution is 2.27. The van der Waals surface area contributed by atoms with Crippen molar-refractivity contribution in [3.8, 4) is 23.4 Å². The fourth-order valence-electron chi connectivity index (χ4n) is 1.76. The molecule has 0 fully saturated rings. The Morgan fingerprint density at radius 2 is 1.42 bits per heavy atom. The SMILES string of the molecule is COc1nc(-c2ccc(N)c(C)c2C)nc(OC)[nH+]1.F[B-](F)(F)F. The van der Waals surface area contributed by atoms with Crippen LogP contribution in [0.5, 0.6) is 12.0 Å². The molecule has 0 saturated heterocycles. The van der Waals surface area contributed by atoms with Gasteiger partial charge in [-0.15, -0.1) is 0 Å². The number of anilines is 1. The fraction of sp³-hybridized carbons (Fsp3) is 0.308. The molecular weight excluding hydrogens is 331 g/mol. The Bertz CT molecular complexity index is 685. The van der Waals surface area contributed by atoms with Crippen molar-refractivity contribution in [3.63, 3.8) is 0 Å². The molecule has 1 aromatic heterocycles. The lowest BCUT2D eigenvalue weighted by atomic mass is 10.0. The highest BCUT2D eigenvalue weighted by molar-refractivity contribution is 6.50. The normalized spacial score (nSPS) is 10.7. The van der Waals surface area contributed by atoms with Gasteiger partial charge < -0.3 is 32.5 Å². The molecule has 24 heavy (non-hydrogen) atoms. The Morgan fingerprint density at radius 3 is 1.83 bits per heavy atom. The highest BCUT2D eigenvalue weighted by atomic mass is 19.5. The minimum Gasteiger partial charge on any atom is -0.444 e. The van der Waals surface area contributed by atoms with E-state index in [0.717, 1.165) is 22.4 Å². The number of nitrogens with two attached hydrogens (primary N) is 1. The molecule has 0 spiro atoms. The van der Waals surface area contributed by atoms with Crippen molar-refractivity contribution in [2.75, 3.05) is 20.0 Å². The van der Waals surface area contributed by atoms with Crippen LogP contribution in [-0.4, -0.2) is 31.4 Å². The van der Waals surface area contributed by atoms with Crippen LogP contribution >= 0.6 is 0 Å². The number of nitrogens with one attached hydrogen (secondary N) is 1. The molecular formula is C13H17BF4N4O2. The Morgan fingerprint density at radius 1 is 0.958 bits per heavy atom. The molecule has 0 aliphatic carbocycles. The van der Waals surface area contributed by atoms with Crippen molar-refractivity contribution >= 4 is 12.9 Å². The number of halogens is 4. The molecule has 6 nitrogen and oxygen atoms in total. The average Bonchev–Trinajstić information content (AvgIpc) is 2.50. The van der Waals surface area contributed by atoms with Crippen molar-refractivity contribution in [3.05, 3.63) is 23.3 Å². The number of H-pyrrole nitrogens is 1. The van der Waals surface area contributed by atoms with Crippen LogP contribution in [0.2, 0.25) is 0 Å². The molecule has 0 aliphatic rings. The van der Waals surface area contributed by atoms with Gasteiger partial charge >= 0.3 is 25.1 Å². The molecule has 0 amide bonds.